The molecule has 0 aliphatic carbocycles. The third-order valence-electron chi connectivity index (χ3n) is 2.67. The molecule has 0 spiro atoms. The molecule has 0 unspecified atom stereocenters. The Morgan fingerprint density at radius 1 is 0.824 bits per heavy atom. The van der Waals surface area contributed by atoms with E-state index in [2.05, 4.69) is 0 Å². The van der Waals surface area contributed by atoms with Gasteiger partial charge in [0.05, 0.1) is 0 Å². The van der Waals surface area contributed by atoms with Crippen LogP contribution < -0.4 is 11.2 Å². The van der Waals surface area contributed by atoms with Crippen LogP contribution >= 0.6 is 0 Å². The first-order chi connectivity index (χ1) is 8.15. The van der Waals surface area contributed by atoms with Crippen LogP contribution in [0.3, 0.4) is 0 Å². The summed E-state index contributed by atoms with van der Waals surface area (Å²) in [4.78, 5) is 0. The van der Waals surface area contributed by atoms with Gasteiger partial charge < -0.3 is 15.8 Å². The lowest BCUT2D eigenvalue weighted by Gasteiger charge is -2.04. The van der Waals surface area contributed by atoms with Gasteiger partial charge >= 0.3 is 7.12 Å². The lowest BCUT2D eigenvalue weighted by Crippen LogP contribution is -2.29. The van der Waals surface area contributed by atoms with Crippen LogP contribution in [0.5, 0.6) is 0 Å². The van der Waals surface area contributed by atoms with Gasteiger partial charge in [-0.1, -0.05) is 36.4 Å². The number of hydrogen-bond acceptors (Lipinski definition) is 3. The molecule has 0 saturated heterocycles. The summed E-state index contributed by atoms with van der Waals surface area (Å²) in [6.07, 6.45) is 0.808. The summed E-state index contributed by atoms with van der Waals surface area (Å²) in [5, 5.41) is 18.0. The van der Waals surface area contributed by atoms with Crippen LogP contribution in [0.15, 0.2) is 48.5 Å². The molecule has 2 aromatic carbocycles. The highest BCUT2D eigenvalue weighted by Crippen LogP contribution is 2.10. The highest BCUT2D eigenvalue weighted by atomic mass is 16.4. The Morgan fingerprint density at radius 3 is 1.76 bits per heavy atom. The van der Waals surface area contributed by atoms with Crippen LogP contribution in [0.2, 0.25) is 0 Å². The Hall–Kier alpha value is -1.78. The van der Waals surface area contributed by atoms with Gasteiger partial charge in [0.15, 0.2) is 0 Å². The molecule has 4 heteroatoms. The molecule has 0 heterocycles. The molecule has 0 bridgehead atoms. The molecule has 0 aliphatic rings. The average molecular weight is 227 g/mol. The van der Waals surface area contributed by atoms with Crippen molar-refractivity contribution in [3.8, 4) is 0 Å². The molecule has 2 aromatic rings. The van der Waals surface area contributed by atoms with Gasteiger partial charge in [0, 0.05) is 5.69 Å². The molecule has 3 nitrogen and oxygen atoms in total. The largest absolute Gasteiger partial charge is 0.488 e. The van der Waals surface area contributed by atoms with Crippen molar-refractivity contribution in [2.75, 3.05) is 5.73 Å². The van der Waals surface area contributed by atoms with Crippen LogP contribution in [-0.4, -0.2) is 17.2 Å². The quantitative estimate of drug-likeness (QED) is 0.529. The van der Waals surface area contributed by atoms with Gasteiger partial charge in [0.25, 0.3) is 0 Å². The summed E-state index contributed by atoms with van der Waals surface area (Å²) in [6, 6.07) is 15.0. The highest BCUT2D eigenvalue weighted by molar-refractivity contribution is 6.58. The van der Waals surface area contributed by atoms with E-state index < -0.39 is 7.12 Å². The van der Waals surface area contributed by atoms with E-state index in [1.165, 1.54) is 5.56 Å². The predicted octanol–water partition coefficient (Wildman–Crippen LogP) is 0.539. The zero-order chi connectivity index (χ0) is 12.3. The molecule has 0 amide bonds. The third kappa shape index (κ3) is 3.09. The van der Waals surface area contributed by atoms with E-state index in [1.807, 2.05) is 36.4 Å². The van der Waals surface area contributed by atoms with Crippen molar-refractivity contribution < 1.29 is 10.0 Å². The molecule has 86 valence electrons. The molecular weight excluding hydrogens is 213 g/mol. The van der Waals surface area contributed by atoms with E-state index >= 15 is 0 Å². The summed E-state index contributed by atoms with van der Waals surface area (Å²) >= 11 is 0. The summed E-state index contributed by atoms with van der Waals surface area (Å²) in [5.74, 6) is 0. The van der Waals surface area contributed by atoms with E-state index in [4.69, 9.17) is 15.8 Å². The van der Waals surface area contributed by atoms with E-state index in [9.17, 15) is 0 Å². The fourth-order valence-electron chi connectivity index (χ4n) is 1.68. The monoisotopic (exact) mass is 227 g/mol. The Bertz CT molecular complexity index is 480. The molecule has 2 rings (SSSR count). The first-order valence-corrected chi connectivity index (χ1v) is 5.44. The molecule has 17 heavy (non-hydrogen) atoms. The van der Waals surface area contributed by atoms with Gasteiger partial charge in [-0.2, -0.15) is 0 Å². The molecule has 0 aliphatic heterocycles. The predicted molar refractivity (Wildman–Crippen MR) is 69.9 cm³/mol. The van der Waals surface area contributed by atoms with Crippen LogP contribution in [0.1, 0.15) is 11.1 Å². The number of nitrogens with two attached hydrogens (primary N) is 1. The molecule has 0 atom stereocenters. The summed E-state index contributed by atoms with van der Waals surface area (Å²) in [5.41, 5.74) is 9.18. The Kier molecular flexibility index (Phi) is 3.47. The van der Waals surface area contributed by atoms with Crippen molar-refractivity contribution in [3.05, 3.63) is 59.7 Å². The molecule has 0 fully saturated rings. The lowest BCUT2D eigenvalue weighted by molar-refractivity contribution is 0.426. The first-order valence-electron chi connectivity index (χ1n) is 5.44. The molecule has 4 N–H and O–H groups in total. The molecule has 0 aromatic heterocycles. The van der Waals surface area contributed by atoms with Gasteiger partial charge in [-0.3, -0.25) is 0 Å². The standard InChI is InChI=1S/C13H14BNO2/c15-13-7-3-11(4-8-13)9-10-1-5-12(6-2-10)14(16)17/h1-8,16-17H,9,15H2. The zero-order valence-corrected chi connectivity index (χ0v) is 9.38. The van der Waals surface area contributed by atoms with Crippen LogP contribution in [0.4, 0.5) is 5.69 Å². The van der Waals surface area contributed by atoms with E-state index in [0.29, 0.717) is 5.46 Å². The van der Waals surface area contributed by atoms with Crippen LogP contribution in [0.25, 0.3) is 0 Å². The second kappa shape index (κ2) is 5.04. The van der Waals surface area contributed by atoms with Gasteiger partial charge in [-0.25, -0.2) is 0 Å². The minimum absolute atomic E-state index is 0.506. The lowest BCUT2D eigenvalue weighted by atomic mass is 9.80. The Morgan fingerprint density at radius 2 is 1.29 bits per heavy atom. The van der Waals surface area contributed by atoms with Crippen molar-refractivity contribution in [2.45, 2.75) is 6.42 Å². The van der Waals surface area contributed by atoms with E-state index in [0.717, 1.165) is 17.7 Å². The van der Waals surface area contributed by atoms with Crippen LogP contribution in [-0.2, 0) is 6.42 Å². The molecule has 0 radical (unpaired) electrons. The Balaban J connectivity index is 2.11. The van der Waals surface area contributed by atoms with Crippen molar-refractivity contribution in [1.82, 2.24) is 0 Å². The van der Waals surface area contributed by atoms with Crippen molar-refractivity contribution in [2.24, 2.45) is 0 Å². The molecule has 0 saturated carbocycles. The van der Waals surface area contributed by atoms with E-state index in [1.54, 1.807) is 12.1 Å². The summed E-state index contributed by atoms with van der Waals surface area (Å²) in [7, 11) is -1.40. The smallest absolute Gasteiger partial charge is 0.423 e. The third-order valence-corrected chi connectivity index (χ3v) is 2.67. The number of hydrogen-bond donors (Lipinski definition) is 3. The highest BCUT2D eigenvalue weighted by Gasteiger charge is 2.09. The minimum Gasteiger partial charge on any atom is -0.423 e. The number of rotatable bonds is 3. The minimum atomic E-state index is -1.40. The topological polar surface area (TPSA) is 66.5 Å². The zero-order valence-electron chi connectivity index (χ0n) is 9.38. The number of anilines is 1. The first kappa shape index (κ1) is 11.7. The number of nitrogen functional groups attached to an aromatic ring is 1. The van der Waals surface area contributed by atoms with Crippen molar-refractivity contribution in [3.63, 3.8) is 0 Å². The fourth-order valence-corrected chi connectivity index (χ4v) is 1.68. The fraction of sp³-hybridized carbons (Fsp3) is 0.0769. The number of benzene rings is 2. The van der Waals surface area contributed by atoms with Crippen molar-refractivity contribution in [1.29, 1.82) is 0 Å². The van der Waals surface area contributed by atoms with Gasteiger partial charge in [-0.05, 0) is 35.1 Å². The maximum absolute atomic E-state index is 8.98. The maximum atomic E-state index is 8.98. The van der Waals surface area contributed by atoms with Gasteiger partial charge in [0.1, 0.15) is 0 Å². The second-order valence-corrected chi connectivity index (χ2v) is 4.03. The summed E-state index contributed by atoms with van der Waals surface area (Å²) in [6.45, 7) is 0. The average Bonchev–Trinajstić information content (AvgIpc) is 2.33. The van der Waals surface area contributed by atoms with Crippen LogP contribution in [0, 0.1) is 0 Å². The second-order valence-electron chi connectivity index (χ2n) is 4.03. The maximum Gasteiger partial charge on any atom is 0.488 e. The molecular formula is C13H14BNO2. The van der Waals surface area contributed by atoms with Crippen molar-refractivity contribution >= 4 is 18.3 Å². The normalized spacial score (nSPS) is 10.2. The summed E-state index contributed by atoms with van der Waals surface area (Å²) < 4.78 is 0. The van der Waals surface area contributed by atoms with Gasteiger partial charge in [-0.15, -0.1) is 0 Å². The Labute approximate surface area is 101 Å². The SMILES string of the molecule is Nc1ccc(Cc2ccc(B(O)O)cc2)cc1. The van der Waals surface area contributed by atoms with E-state index in [-0.39, 0.29) is 0 Å². The van der Waals surface area contributed by atoms with Gasteiger partial charge in [0.2, 0.25) is 0 Å².